The molecule has 1 heterocycles. The van der Waals surface area contributed by atoms with E-state index in [0.717, 1.165) is 5.56 Å². The van der Waals surface area contributed by atoms with Crippen LogP contribution in [0.15, 0.2) is 24.3 Å². The minimum Gasteiger partial charge on any atom is -0.387 e. The van der Waals surface area contributed by atoms with Gasteiger partial charge in [0.1, 0.15) is 6.67 Å². The van der Waals surface area contributed by atoms with Gasteiger partial charge in [0.2, 0.25) is 5.82 Å². The van der Waals surface area contributed by atoms with Crippen molar-refractivity contribution < 1.29 is 9.50 Å². The van der Waals surface area contributed by atoms with Crippen LogP contribution in [-0.2, 0) is 0 Å². The molecule has 0 fully saturated rings. The van der Waals surface area contributed by atoms with Gasteiger partial charge in [-0.25, -0.2) is 4.39 Å². The highest BCUT2D eigenvalue weighted by molar-refractivity contribution is 5.54. The smallest absolute Gasteiger partial charge is 0.204 e. The second kappa shape index (κ2) is 4.98. The zero-order valence-electron chi connectivity index (χ0n) is 8.92. The van der Waals surface area contributed by atoms with Gasteiger partial charge in [-0.2, -0.15) is 5.21 Å². The van der Waals surface area contributed by atoms with Crippen molar-refractivity contribution in [3.8, 4) is 11.4 Å². The lowest BCUT2D eigenvalue weighted by Gasteiger charge is -2.15. The Hall–Kier alpha value is -1.86. The van der Waals surface area contributed by atoms with E-state index in [9.17, 15) is 9.50 Å². The highest BCUT2D eigenvalue weighted by Crippen LogP contribution is 2.20. The van der Waals surface area contributed by atoms with Gasteiger partial charge in [0, 0.05) is 5.56 Å². The molecule has 90 valence electrons. The number of nitrogens with one attached hydrogen (secondary N) is 1. The van der Waals surface area contributed by atoms with Gasteiger partial charge in [-0.1, -0.05) is 24.3 Å². The quantitative estimate of drug-likeness (QED) is 0.705. The maximum absolute atomic E-state index is 12.3. The van der Waals surface area contributed by atoms with Crippen molar-refractivity contribution in [1.29, 1.82) is 0 Å². The topological polar surface area (TPSA) is 101 Å². The molecule has 1 aromatic heterocycles. The summed E-state index contributed by atoms with van der Waals surface area (Å²) in [4.78, 5) is 0. The number of hydrogen-bond donors (Lipinski definition) is 3. The number of rotatable bonds is 4. The summed E-state index contributed by atoms with van der Waals surface area (Å²) in [7, 11) is 0. The highest BCUT2D eigenvalue weighted by Gasteiger charge is 2.16. The summed E-state index contributed by atoms with van der Waals surface area (Å²) < 4.78 is 12.3. The summed E-state index contributed by atoms with van der Waals surface area (Å²) in [5.74, 6) is 0.459. The lowest BCUT2D eigenvalue weighted by Crippen LogP contribution is -2.30. The number of tetrazole rings is 1. The normalized spacial score (nSPS) is 14.5. The molecule has 0 aliphatic carbocycles. The van der Waals surface area contributed by atoms with E-state index in [0.29, 0.717) is 11.4 Å². The lowest BCUT2D eigenvalue weighted by atomic mass is 10.0. The number of H-pyrrole nitrogens is 1. The molecule has 2 atom stereocenters. The Morgan fingerprint density at radius 2 is 2.06 bits per heavy atom. The van der Waals surface area contributed by atoms with Gasteiger partial charge in [-0.15, -0.1) is 10.2 Å². The first kappa shape index (κ1) is 11.6. The Bertz CT molecular complexity index is 458. The summed E-state index contributed by atoms with van der Waals surface area (Å²) in [6.45, 7) is -0.770. The number of aliphatic hydroxyl groups excluding tert-OH is 1. The summed E-state index contributed by atoms with van der Waals surface area (Å²) in [6, 6.07) is 5.84. The molecule has 0 aliphatic rings. The van der Waals surface area contributed by atoms with Crippen LogP contribution < -0.4 is 5.73 Å². The second-order valence-corrected chi connectivity index (χ2v) is 3.62. The standard InChI is InChI=1S/C10H12FN5O/c11-5-8(12)9(17)6-1-3-7(4-2-6)10-13-15-16-14-10/h1-4,8-9,17H,5,12H2,(H,13,14,15,16)/t8-,9-/m1/s1. The first-order valence-electron chi connectivity index (χ1n) is 5.05. The molecule has 0 amide bonds. The van der Waals surface area contributed by atoms with E-state index >= 15 is 0 Å². The molecule has 2 aromatic rings. The molecule has 0 aliphatic heterocycles. The molecule has 0 radical (unpaired) electrons. The fourth-order valence-electron chi connectivity index (χ4n) is 1.45. The van der Waals surface area contributed by atoms with Gasteiger partial charge in [0.25, 0.3) is 0 Å². The third kappa shape index (κ3) is 2.45. The van der Waals surface area contributed by atoms with Crippen molar-refractivity contribution >= 4 is 0 Å². The number of aromatic nitrogens is 4. The van der Waals surface area contributed by atoms with Gasteiger partial charge < -0.3 is 10.8 Å². The van der Waals surface area contributed by atoms with Crippen LogP contribution in [0.5, 0.6) is 0 Å². The lowest BCUT2D eigenvalue weighted by molar-refractivity contribution is 0.132. The number of alkyl halides is 1. The number of hydrogen-bond acceptors (Lipinski definition) is 5. The van der Waals surface area contributed by atoms with Gasteiger partial charge >= 0.3 is 0 Å². The molecule has 0 saturated carbocycles. The Kier molecular flexibility index (Phi) is 3.40. The minimum absolute atomic E-state index is 0.459. The largest absolute Gasteiger partial charge is 0.387 e. The van der Waals surface area contributed by atoms with E-state index in [1.54, 1.807) is 24.3 Å². The minimum atomic E-state index is -1.01. The van der Waals surface area contributed by atoms with Crippen LogP contribution in [-0.4, -0.2) is 38.4 Å². The second-order valence-electron chi connectivity index (χ2n) is 3.62. The predicted octanol–water partition coefficient (Wildman–Crippen LogP) is 0.197. The molecule has 0 spiro atoms. The van der Waals surface area contributed by atoms with Crippen LogP contribution in [0.4, 0.5) is 4.39 Å². The molecule has 6 nitrogen and oxygen atoms in total. The Labute approximate surface area is 96.7 Å². The van der Waals surface area contributed by atoms with Crippen molar-refractivity contribution in [2.75, 3.05) is 6.67 Å². The fraction of sp³-hybridized carbons (Fsp3) is 0.300. The molecule has 4 N–H and O–H groups in total. The predicted molar refractivity (Wildman–Crippen MR) is 58.5 cm³/mol. The number of halogens is 1. The van der Waals surface area contributed by atoms with E-state index in [1.807, 2.05) is 0 Å². The van der Waals surface area contributed by atoms with E-state index in [-0.39, 0.29) is 0 Å². The van der Waals surface area contributed by atoms with Crippen LogP contribution in [0.1, 0.15) is 11.7 Å². The molecular weight excluding hydrogens is 225 g/mol. The molecule has 7 heteroatoms. The van der Waals surface area contributed by atoms with Crippen molar-refractivity contribution in [2.24, 2.45) is 5.73 Å². The van der Waals surface area contributed by atoms with Crippen LogP contribution >= 0.6 is 0 Å². The third-order valence-electron chi connectivity index (χ3n) is 2.44. The van der Waals surface area contributed by atoms with E-state index < -0.39 is 18.8 Å². The first-order valence-corrected chi connectivity index (χ1v) is 5.05. The summed E-state index contributed by atoms with van der Waals surface area (Å²) in [5.41, 5.74) is 6.73. The molecule has 0 saturated heterocycles. The Balaban J connectivity index is 2.18. The average Bonchev–Trinajstić information content (AvgIpc) is 2.91. The monoisotopic (exact) mass is 237 g/mol. The van der Waals surface area contributed by atoms with E-state index in [4.69, 9.17) is 5.73 Å². The Morgan fingerprint density at radius 1 is 1.35 bits per heavy atom. The Morgan fingerprint density at radius 3 is 2.59 bits per heavy atom. The summed E-state index contributed by atoms with van der Waals surface area (Å²) >= 11 is 0. The van der Waals surface area contributed by atoms with Crippen LogP contribution in [0, 0.1) is 0 Å². The first-order chi connectivity index (χ1) is 8.22. The van der Waals surface area contributed by atoms with Crippen molar-refractivity contribution in [3.05, 3.63) is 29.8 Å². The summed E-state index contributed by atoms with van der Waals surface area (Å²) in [5, 5.41) is 23.1. The van der Waals surface area contributed by atoms with Crippen molar-refractivity contribution in [1.82, 2.24) is 20.6 Å². The van der Waals surface area contributed by atoms with Gasteiger partial charge in [0.05, 0.1) is 12.1 Å². The molecule has 1 aromatic carbocycles. The molecular formula is C10H12FN5O. The maximum atomic E-state index is 12.3. The average molecular weight is 237 g/mol. The molecule has 0 bridgehead atoms. The number of nitrogens with zero attached hydrogens (tertiary/aromatic N) is 3. The molecule has 17 heavy (non-hydrogen) atoms. The zero-order chi connectivity index (χ0) is 12.3. The number of aromatic amines is 1. The SMILES string of the molecule is N[C@H](CF)[C@H](O)c1ccc(-c2nn[nH]n2)cc1. The van der Waals surface area contributed by atoms with Crippen molar-refractivity contribution in [3.63, 3.8) is 0 Å². The number of benzene rings is 1. The van der Waals surface area contributed by atoms with E-state index in [1.165, 1.54) is 0 Å². The number of nitrogens with two attached hydrogens (primary N) is 1. The summed E-state index contributed by atoms with van der Waals surface area (Å²) in [6.07, 6.45) is -1.01. The van der Waals surface area contributed by atoms with Crippen LogP contribution in [0.3, 0.4) is 0 Å². The zero-order valence-corrected chi connectivity index (χ0v) is 8.92. The molecule has 0 unspecified atom stereocenters. The van der Waals surface area contributed by atoms with Crippen LogP contribution in [0.2, 0.25) is 0 Å². The third-order valence-corrected chi connectivity index (χ3v) is 2.44. The molecule has 2 rings (SSSR count). The fourth-order valence-corrected chi connectivity index (χ4v) is 1.45. The highest BCUT2D eigenvalue weighted by atomic mass is 19.1. The van der Waals surface area contributed by atoms with Gasteiger partial charge in [0.15, 0.2) is 0 Å². The van der Waals surface area contributed by atoms with E-state index in [2.05, 4.69) is 20.6 Å². The van der Waals surface area contributed by atoms with Gasteiger partial charge in [-0.05, 0) is 10.8 Å². The maximum Gasteiger partial charge on any atom is 0.204 e. The number of aliphatic hydroxyl groups is 1. The van der Waals surface area contributed by atoms with Crippen LogP contribution in [0.25, 0.3) is 11.4 Å². The van der Waals surface area contributed by atoms with Crippen molar-refractivity contribution in [2.45, 2.75) is 12.1 Å². The van der Waals surface area contributed by atoms with Gasteiger partial charge in [-0.3, -0.25) is 0 Å².